The number of nitrogens with one attached hydrogen (secondary N) is 1. The summed E-state index contributed by atoms with van der Waals surface area (Å²) in [5, 5.41) is 15.0. The third-order valence-electron chi connectivity index (χ3n) is 13.3. The molecule has 8 nitrogen and oxygen atoms in total. The van der Waals surface area contributed by atoms with Crippen molar-refractivity contribution in [3.05, 3.63) is 47.5 Å². The van der Waals surface area contributed by atoms with E-state index in [0.717, 1.165) is 19.3 Å². The summed E-state index contributed by atoms with van der Waals surface area (Å²) >= 11 is 0. The molecule has 7 rings (SSSR count). The van der Waals surface area contributed by atoms with E-state index in [9.17, 15) is 14.7 Å². The Morgan fingerprint density at radius 2 is 1.86 bits per heavy atom. The van der Waals surface area contributed by atoms with Gasteiger partial charge in [-0.1, -0.05) is 50.6 Å². The molecule has 43 heavy (non-hydrogen) atoms. The van der Waals surface area contributed by atoms with Gasteiger partial charge in [0.05, 0.1) is 18.8 Å². The van der Waals surface area contributed by atoms with Crippen LogP contribution in [0.2, 0.25) is 0 Å². The first-order chi connectivity index (χ1) is 20.3. The number of rotatable bonds is 5. The average Bonchev–Trinajstić information content (AvgIpc) is 3.55. The van der Waals surface area contributed by atoms with Crippen LogP contribution < -0.4 is 5.32 Å². The molecule has 8 heteroatoms. The van der Waals surface area contributed by atoms with Crippen molar-refractivity contribution >= 4 is 11.9 Å². The predicted octanol–water partition coefficient (Wildman–Crippen LogP) is 3.97. The van der Waals surface area contributed by atoms with Crippen LogP contribution in [-0.2, 0) is 19.0 Å². The van der Waals surface area contributed by atoms with E-state index < -0.39 is 23.2 Å². The highest BCUT2D eigenvalue weighted by Gasteiger charge is 2.81. The van der Waals surface area contributed by atoms with Crippen LogP contribution in [0, 0.1) is 34.0 Å². The number of esters is 1. The molecule has 2 bridgehead atoms. The number of epoxide rings is 1. The lowest BCUT2D eigenvalue weighted by molar-refractivity contribution is -0.157. The van der Waals surface area contributed by atoms with Gasteiger partial charge in [0.25, 0.3) is 5.91 Å². The molecule has 234 valence electrons. The first-order valence-corrected chi connectivity index (χ1v) is 16.1. The molecular weight excluding hydrogens is 544 g/mol. The molecule has 1 unspecified atom stereocenters. The fraction of sp³-hybridized carbons (Fsp3) is 0.714. The van der Waals surface area contributed by atoms with E-state index in [-0.39, 0.29) is 64.8 Å². The lowest BCUT2D eigenvalue weighted by Crippen LogP contribution is -2.63. The zero-order chi connectivity index (χ0) is 30.7. The summed E-state index contributed by atoms with van der Waals surface area (Å²) in [5.41, 5.74) is 0.721. The molecule has 2 aliphatic heterocycles. The number of aliphatic hydroxyl groups is 1. The van der Waals surface area contributed by atoms with Crippen molar-refractivity contribution in [1.29, 1.82) is 0 Å². The molecule has 0 aromatic heterocycles. The van der Waals surface area contributed by atoms with Gasteiger partial charge in [-0.05, 0) is 69.2 Å². The number of allylic oxidation sites excluding steroid dienone is 1. The largest absolute Gasteiger partial charge is 0.462 e. The Labute approximate surface area is 255 Å². The first-order valence-electron chi connectivity index (χ1n) is 16.1. The summed E-state index contributed by atoms with van der Waals surface area (Å²) in [4.78, 5) is 28.4. The smallest absolute Gasteiger partial charge is 0.302 e. The van der Waals surface area contributed by atoms with Crippen LogP contribution in [0.5, 0.6) is 0 Å². The minimum Gasteiger partial charge on any atom is -0.462 e. The number of hydrogen-bond donors (Lipinski definition) is 2. The van der Waals surface area contributed by atoms with E-state index in [1.165, 1.54) is 12.5 Å². The van der Waals surface area contributed by atoms with Crippen molar-refractivity contribution in [3.63, 3.8) is 0 Å². The molecular formula is C35H48N2O6. The minimum absolute atomic E-state index is 0.111. The standard InChI is InChI=1S/C35H48N2O6/c1-19(37(6)7)26-24(39)17-34(5)23-15-25(42-20(2)38)28-32(3)18-41-27(29(32)36-31(40)21-11-9-8-10-12-21)30-35(28,43-30)16-22(23)13-14-33(26,34)4/h8-13,19,23-30,39H,14-18H2,1-7H3,(H,36,40)/t19?,23-,24-,25+,26+,27+,28+,29+,30-,32+,33-,34+,35-/m1/s1. The van der Waals surface area contributed by atoms with Crippen molar-refractivity contribution in [2.24, 2.45) is 34.0 Å². The maximum absolute atomic E-state index is 13.4. The Bertz CT molecular complexity index is 1350. The van der Waals surface area contributed by atoms with Gasteiger partial charge in [0, 0.05) is 42.2 Å². The lowest BCUT2D eigenvalue weighted by Gasteiger charge is -2.54. The Morgan fingerprint density at radius 1 is 1.14 bits per heavy atom. The van der Waals surface area contributed by atoms with E-state index in [1.54, 1.807) is 0 Å². The fourth-order valence-electron chi connectivity index (χ4n) is 11.0. The van der Waals surface area contributed by atoms with E-state index >= 15 is 0 Å². The molecule has 6 aliphatic rings. The summed E-state index contributed by atoms with van der Waals surface area (Å²) in [6.07, 6.45) is 4.28. The number of ether oxygens (including phenoxy) is 3. The minimum atomic E-state index is -0.498. The summed E-state index contributed by atoms with van der Waals surface area (Å²) in [5.74, 6) is -0.286. The van der Waals surface area contributed by atoms with Gasteiger partial charge in [0.15, 0.2) is 0 Å². The van der Waals surface area contributed by atoms with Crippen molar-refractivity contribution in [2.45, 2.75) is 102 Å². The van der Waals surface area contributed by atoms with Crippen LogP contribution in [0.25, 0.3) is 0 Å². The van der Waals surface area contributed by atoms with E-state index in [0.29, 0.717) is 18.6 Å². The molecule has 3 saturated carbocycles. The molecule has 1 aromatic rings. The van der Waals surface area contributed by atoms with Crippen molar-refractivity contribution in [3.8, 4) is 0 Å². The van der Waals surface area contributed by atoms with Gasteiger partial charge in [-0.2, -0.15) is 0 Å². The number of hydrogen-bond acceptors (Lipinski definition) is 7. The second kappa shape index (κ2) is 9.62. The van der Waals surface area contributed by atoms with Crippen LogP contribution in [0.4, 0.5) is 0 Å². The van der Waals surface area contributed by atoms with Crippen molar-refractivity contribution < 1.29 is 28.9 Å². The second-order valence-corrected chi connectivity index (χ2v) is 15.5. The SMILES string of the molecule is CC(=O)O[C@H]1C[C@@H]2C(=CC[C@]3(C)[C@@H](C(C)N(C)C)[C@H](O)C[C@@]23C)C[C@]23O[C@@H]2[C@H]2OC[C@](C)([C@H]2NC(=O)c2ccccc2)[C@H]13. The topological polar surface area (TPSA) is 101 Å². The molecule has 2 heterocycles. The van der Waals surface area contributed by atoms with Gasteiger partial charge < -0.3 is 29.5 Å². The number of carbonyl (C=O) groups is 2. The third kappa shape index (κ3) is 3.95. The zero-order valence-electron chi connectivity index (χ0n) is 26.6. The summed E-state index contributed by atoms with van der Waals surface area (Å²) in [6.45, 7) is 11.1. The summed E-state index contributed by atoms with van der Waals surface area (Å²) in [6, 6.07) is 9.25. The fourth-order valence-corrected chi connectivity index (χ4v) is 11.0. The first kappa shape index (κ1) is 29.5. The van der Waals surface area contributed by atoms with Gasteiger partial charge in [-0.25, -0.2) is 0 Å². The molecule has 13 atom stereocenters. The number of fused-ring (bicyclic) bond motifs is 7. The number of nitrogens with zero attached hydrogens (tertiary/aromatic N) is 1. The predicted molar refractivity (Wildman–Crippen MR) is 161 cm³/mol. The molecule has 5 fully saturated rings. The van der Waals surface area contributed by atoms with Gasteiger partial charge in [0.1, 0.15) is 23.9 Å². The Morgan fingerprint density at radius 3 is 2.53 bits per heavy atom. The number of aliphatic hydroxyl groups excluding tert-OH is 1. The van der Waals surface area contributed by atoms with Gasteiger partial charge in [-0.15, -0.1) is 0 Å². The molecule has 2 N–H and O–H groups in total. The Hall–Kier alpha value is -2.26. The Balaban J connectivity index is 1.28. The van der Waals surface area contributed by atoms with E-state index in [1.807, 2.05) is 30.3 Å². The summed E-state index contributed by atoms with van der Waals surface area (Å²) < 4.78 is 19.5. The highest BCUT2D eigenvalue weighted by molar-refractivity contribution is 5.94. The number of carbonyl (C=O) groups excluding carboxylic acids is 2. The second-order valence-electron chi connectivity index (χ2n) is 15.5. The zero-order valence-corrected chi connectivity index (χ0v) is 26.6. The molecule has 2 saturated heterocycles. The molecule has 1 spiro atoms. The van der Waals surface area contributed by atoms with Gasteiger partial charge in [-0.3, -0.25) is 9.59 Å². The maximum atomic E-state index is 13.4. The number of amides is 1. The highest BCUT2D eigenvalue weighted by Crippen LogP contribution is 2.73. The van der Waals surface area contributed by atoms with Crippen molar-refractivity contribution in [1.82, 2.24) is 10.2 Å². The number of benzene rings is 1. The van der Waals surface area contributed by atoms with Crippen LogP contribution >= 0.6 is 0 Å². The molecule has 0 radical (unpaired) electrons. The van der Waals surface area contributed by atoms with E-state index in [4.69, 9.17) is 14.2 Å². The normalized spacial score (nSPS) is 48.2. The van der Waals surface area contributed by atoms with Crippen LogP contribution in [0.1, 0.15) is 70.7 Å². The van der Waals surface area contributed by atoms with Crippen LogP contribution in [-0.4, -0.2) is 84.7 Å². The highest BCUT2D eigenvalue weighted by atomic mass is 16.6. The molecule has 4 aliphatic carbocycles. The van der Waals surface area contributed by atoms with Crippen LogP contribution in [0.15, 0.2) is 42.0 Å². The lowest BCUT2D eigenvalue weighted by atomic mass is 9.51. The maximum Gasteiger partial charge on any atom is 0.302 e. The van der Waals surface area contributed by atoms with Gasteiger partial charge in [0.2, 0.25) is 0 Å². The molecule has 1 amide bonds. The van der Waals surface area contributed by atoms with E-state index in [2.05, 4.69) is 58.1 Å². The molecule has 1 aromatic carbocycles. The monoisotopic (exact) mass is 592 g/mol. The average molecular weight is 593 g/mol. The quantitative estimate of drug-likeness (QED) is 0.303. The van der Waals surface area contributed by atoms with Gasteiger partial charge >= 0.3 is 5.97 Å². The van der Waals surface area contributed by atoms with Crippen LogP contribution in [0.3, 0.4) is 0 Å². The third-order valence-corrected chi connectivity index (χ3v) is 13.3. The Kier molecular flexibility index (Phi) is 6.59. The summed E-state index contributed by atoms with van der Waals surface area (Å²) in [7, 11) is 4.20. The van der Waals surface area contributed by atoms with Crippen molar-refractivity contribution in [2.75, 3.05) is 20.7 Å².